The lowest BCUT2D eigenvalue weighted by Gasteiger charge is -2.13. The van der Waals surface area contributed by atoms with Gasteiger partial charge in [-0.2, -0.15) is 0 Å². The molecule has 0 radical (unpaired) electrons. The largest absolute Gasteiger partial charge is 0.497 e. The van der Waals surface area contributed by atoms with Crippen LogP contribution in [0.1, 0.15) is 55.4 Å². The van der Waals surface area contributed by atoms with Gasteiger partial charge >= 0.3 is 11.9 Å². The van der Waals surface area contributed by atoms with E-state index in [9.17, 15) is 26.4 Å². The van der Waals surface area contributed by atoms with Gasteiger partial charge < -0.3 is 24.4 Å². The highest BCUT2D eigenvalue weighted by molar-refractivity contribution is 7.91. The van der Waals surface area contributed by atoms with E-state index in [4.69, 9.17) is 24.4 Å². The first kappa shape index (κ1) is 46.6. The molecule has 6 rings (SSSR count). The van der Waals surface area contributed by atoms with E-state index in [0.717, 1.165) is 62.2 Å². The molecule has 0 heterocycles. The van der Waals surface area contributed by atoms with Gasteiger partial charge in [-0.3, -0.25) is 9.59 Å². The molecule has 2 N–H and O–H groups in total. The first-order chi connectivity index (χ1) is 26.9. The van der Waals surface area contributed by atoms with Crippen LogP contribution >= 0.6 is 0 Å². The molecule has 2 unspecified atom stereocenters. The molecule has 308 valence electrons. The minimum absolute atomic E-state index is 0. The lowest BCUT2D eigenvalue weighted by molar-refractivity contribution is -0.146. The number of carbonyl (C=O) groups excluding carboxylic acids is 1. The molecule has 0 aromatic heterocycles. The number of aliphatic carboxylic acids is 1. The van der Waals surface area contributed by atoms with Crippen molar-refractivity contribution < 1.29 is 50.8 Å². The van der Waals surface area contributed by atoms with E-state index in [2.05, 4.69) is 0 Å². The second kappa shape index (κ2) is 20.6. The van der Waals surface area contributed by atoms with Gasteiger partial charge in [0.2, 0.25) is 0 Å². The smallest absolute Gasteiger partial charge is 0.313 e. The van der Waals surface area contributed by atoms with E-state index in [1.807, 2.05) is 72.8 Å². The molecule has 58 heavy (non-hydrogen) atoms. The van der Waals surface area contributed by atoms with Gasteiger partial charge in [0.1, 0.15) is 18.1 Å². The molecule has 0 saturated heterocycles. The van der Waals surface area contributed by atoms with Crippen LogP contribution in [0.4, 0.5) is 0 Å². The highest BCUT2D eigenvalue weighted by atomic mass is 32.2. The second-order valence-corrected chi connectivity index (χ2v) is 17.4. The van der Waals surface area contributed by atoms with Crippen molar-refractivity contribution in [3.8, 4) is 11.5 Å². The average Bonchev–Trinajstić information content (AvgIpc) is 3.21. The highest BCUT2D eigenvalue weighted by Crippen LogP contribution is 2.27. The van der Waals surface area contributed by atoms with Crippen molar-refractivity contribution in [1.29, 1.82) is 0 Å². The van der Waals surface area contributed by atoms with Crippen molar-refractivity contribution in [2.24, 2.45) is 0 Å². The third-order valence-corrected chi connectivity index (χ3v) is 11.4. The van der Waals surface area contributed by atoms with Crippen molar-refractivity contribution in [3.05, 3.63) is 144 Å². The number of sulfone groups is 2. The summed E-state index contributed by atoms with van der Waals surface area (Å²) in [6.07, 6.45) is 2.31. The number of esters is 1. The number of carboxylic acid groups (broad SMARTS) is 1. The topological polar surface area (TPSA) is 171 Å². The van der Waals surface area contributed by atoms with Crippen LogP contribution in [-0.4, -0.2) is 65.7 Å². The number of benzene rings is 6. The van der Waals surface area contributed by atoms with E-state index in [0.29, 0.717) is 5.56 Å². The lowest BCUT2D eigenvalue weighted by atomic mass is 9.98. The average molecular weight is 831 g/mol. The van der Waals surface area contributed by atoms with Gasteiger partial charge in [-0.05, 0) is 106 Å². The quantitative estimate of drug-likeness (QED) is 0.120. The summed E-state index contributed by atoms with van der Waals surface area (Å²) >= 11 is 0. The Labute approximate surface area is 340 Å². The maximum atomic E-state index is 12.4. The highest BCUT2D eigenvalue weighted by Gasteiger charge is 2.18. The predicted octanol–water partition coefficient (Wildman–Crippen LogP) is 8.35. The maximum absolute atomic E-state index is 12.4. The Morgan fingerprint density at radius 1 is 0.569 bits per heavy atom. The van der Waals surface area contributed by atoms with Crippen molar-refractivity contribution in [2.45, 2.75) is 56.1 Å². The summed E-state index contributed by atoms with van der Waals surface area (Å²) in [7, 11) is -3.09. The third-order valence-electron chi connectivity index (χ3n) is 9.13. The summed E-state index contributed by atoms with van der Waals surface area (Å²) in [6.45, 7) is 3.52. The summed E-state index contributed by atoms with van der Waals surface area (Å²) < 4.78 is 60.7. The zero-order valence-corrected chi connectivity index (χ0v) is 34.1. The molecule has 0 amide bonds. The molecule has 0 saturated carbocycles. The van der Waals surface area contributed by atoms with E-state index in [1.54, 1.807) is 52.3 Å². The van der Waals surface area contributed by atoms with E-state index < -0.39 is 37.5 Å². The van der Waals surface area contributed by atoms with Crippen molar-refractivity contribution >= 4 is 53.2 Å². The number of aliphatic hydroxyl groups is 1. The van der Waals surface area contributed by atoms with Crippen LogP contribution in [-0.2, 0) is 47.2 Å². The molecular weight excluding hydrogens is 781 g/mol. The zero-order valence-electron chi connectivity index (χ0n) is 32.5. The fourth-order valence-corrected chi connectivity index (χ4v) is 6.77. The van der Waals surface area contributed by atoms with E-state index >= 15 is 0 Å². The number of methoxy groups -OCH3 is 2. The molecule has 0 bridgehead atoms. The normalized spacial score (nSPS) is 12.1. The zero-order chi connectivity index (χ0) is 41.9. The van der Waals surface area contributed by atoms with Gasteiger partial charge in [0.05, 0.1) is 42.5 Å². The van der Waals surface area contributed by atoms with Gasteiger partial charge in [0, 0.05) is 12.5 Å². The Morgan fingerprint density at radius 2 is 0.948 bits per heavy atom. The minimum Gasteiger partial charge on any atom is -0.497 e. The Bertz CT molecular complexity index is 2550. The third kappa shape index (κ3) is 12.9. The van der Waals surface area contributed by atoms with Gasteiger partial charge in [-0.25, -0.2) is 16.8 Å². The lowest BCUT2D eigenvalue weighted by Crippen LogP contribution is -2.13. The van der Waals surface area contributed by atoms with Gasteiger partial charge in [0.25, 0.3) is 0 Å². The summed E-state index contributed by atoms with van der Waals surface area (Å²) in [5.41, 5.74) is 3.13. The Morgan fingerprint density at radius 3 is 1.33 bits per heavy atom. The monoisotopic (exact) mass is 830 g/mol. The molecular formula is C45H50O11S2. The summed E-state index contributed by atoms with van der Waals surface area (Å²) in [6, 6.07) is 35.5. The van der Waals surface area contributed by atoms with Crippen LogP contribution in [0.2, 0.25) is 0 Å². The number of hydrogen-bond acceptors (Lipinski definition) is 10. The number of carboxylic acids is 1. The summed E-state index contributed by atoms with van der Waals surface area (Å²) in [4.78, 5) is 23.9. The van der Waals surface area contributed by atoms with Gasteiger partial charge in [0.15, 0.2) is 19.7 Å². The summed E-state index contributed by atoms with van der Waals surface area (Å²) in [5.74, 6) is -0.452. The number of hydrogen-bond donors (Lipinski definition) is 2. The fourth-order valence-electron chi connectivity index (χ4n) is 5.51. The fraction of sp³-hybridized carbons (Fsp3) is 0.244. The van der Waals surface area contributed by atoms with Gasteiger partial charge in [-0.15, -0.1) is 0 Å². The minimum atomic E-state index is -3.24. The molecule has 6 aromatic rings. The molecule has 11 nitrogen and oxygen atoms in total. The second-order valence-electron chi connectivity index (χ2n) is 13.3. The van der Waals surface area contributed by atoms with Crippen molar-refractivity contribution in [3.63, 3.8) is 0 Å². The van der Waals surface area contributed by atoms with Crippen LogP contribution in [0, 0.1) is 0 Å². The number of carbonyl (C=O) groups is 2. The molecule has 0 aliphatic carbocycles. The van der Waals surface area contributed by atoms with Crippen molar-refractivity contribution in [1.82, 2.24) is 0 Å². The number of rotatable bonds is 11. The van der Waals surface area contributed by atoms with Gasteiger partial charge in [-0.1, -0.05) is 80.2 Å². The standard InChI is InChI=1S/C22H22O5S.C14H14O3.C8H10O3S.CH4/c1-15(17-6-7-19-13-20(26-2)9-8-18(19)12-17)22(23)27-14-16-4-10-21(11-5-16)28(3,24)25;1-9(14(15)16)10-3-4-12-8-13(17-2)6-5-11(12)7-10;1-12(10,11)8-4-2-7(6-9)3-5-8;/h4-13,15H,14H2,1-3H3;3-9H,1-2H3,(H,15,16);2-5,9H,6H2,1H3;1H4. The molecule has 6 aromatic carbocycles. The van der Waals surface area contributed by atoms with Crippen molar-refractivity contribution in [2.75, 3.05) is 26.7 Å². The number of ether oxygens (including phenoxy) is 3. The van der Waals surface area contributed by atoms with E-state index in [-0.39, 0.29) is 36.4 Å². The predicted molar refractivity (Wildman–Crippen MR) is 227 cm³/mol. The van der Waals surface area contributed by atoms with E-state index in [1.165, 1.54) is 24.3 Å². The Balaban J connectivity index is 0.000000255. The number of fused-ring (bicyclic) bond motifs is 2. The first-order valence-corrected chi connectivity index (χ1v) is 21.5. The summed E-state index contributed by atoms with van der Waals surface area (Å²) in [5, 5.41) is 21.8. The Kier molecular flexibility index (Phi) is 16.6. The molecule has 13 heteroatoms. The molecule has 2 atom stereocenters. The first-order valence-electron chi connectivity index (χ1n) is 17.7. The molecule has 0 spiro atoms. The van der Waals surface area contributed by atoms with Crippen LogP contribution < -0.4 is 9.47 Å². The van der Waals surface area contributed by atoms with Crippen LogP contribution in [0.25, 0.3) is 21.5 Å². The maximum Gasteiger partial charge on any atom is 0.313 e. The molecule has 0 aliphatic heterocycles. The van der Waals surface area contributed by atoms with Crippen LogP contribution in [0.5, 0.6) is 11.5 Å². The van der Waals surface area contributed by atoms with Crippen LogP contribution in [0.15, 0.2) is 131 Å². The number of aliphatic hydroxyl groups excluding tert-OH is 1. The Hall–Kier alpha value is -5.76. The van der Waals surface area contributed by atoms with Crippen LogP contribution in [0.3, 0.4) is 0 Å². The molecule has 0 fully saturated rings. The molecule has 0 aliphatic rings. The SMILES string of the molecule is C.COc1ccc2cc(C(C)C(=O)O)ccc2c1.COc1ccc2cc(C(C)C(=O)OCc3ccc(S(C)(=O)=O)cc3)ccc2c1.CS(=O)(=O)c1ccc(CO)cc1.